The topological polar surface area (TPSA) is 67.9 Å². The zero-order valence-electron chi connectivity index (χ0n) is 17.3. The van der Waals surface area contributed by atoms with E-state index in [1.54, 1.807) is 71.6 Å². The Morgan fingerprint density at radius 3 is 2.39 bits per heavy atom. The summed E-state index contributed by atoms with van der Waals surface area (Å²) in [6.07, 6.45) is 3.43. The fourth-order valence-corrected chi connectivity index (χ4v) is 5.36. The van der Waals surface area contributed by atoms with Gasteiger partial charge in [0.05, 0.1) is 18.2 Å². The number of hydrogen-bond donors (Lipinski definition) is 0. The number of fused-ring (bicyclic) bond motifs is 3. The third kappa shape index (κ3) is 3.05. The van der Waals surface area contributed by atoms with E-state index in [9.17, 15) is 19.7 Å². The molecule has 0 spiro atoms. The van der Waals surface area contributed by atoms with Crippen LogP contribution >= 0.6 is 11.6 Å². The highest BCUT2D eigenvalue weighted by atomic mass is 35.5. The van der Waals surface area contributed by atoms with Crippen molar-refractivity contribution in [1.82, 2.24) is 0 Å². The van der Waals surface area contributed by atoms with Crippen LogP contribution in [0.25, 0.3) is 6.08 Å². The predicted molar refractivity (Wildman–Crippen MR) is 124 cm³/mol. The third-order valence-corrected chi connectivity index (χ3v) is 6.88. The highest BCUT2D eigenvalue weighted by molar-refractivity contribution is 6.31. The van der Waals surface area contributed by atoms with Crippen LogP contribution in [0.15, 0.2) is 78.9 Å². The van der Waals surface area contributed by atoms with E-state index in [0.29, 0.717) is 27.4 Å². The SMILES string of the molecule is N#CC1(C#N)C(c2ccccc2Cl)C(C(=O)c2ccccc2)N2c3ccc(F)cc3C=CC21. The molecule has 5 rings (SSSR count). The summed E-state index contributed by atoms with van der Waals surface area (Å²) < 4.78 is 14.0. The zero-order chi connectivity index (χ0) is 23.2. The molecule has 3 aromatic rings. The molecule has 6 heteroatoms. The first-order chi connectivity index (χ1) is 16.0. The summed E-state index contributed by atoms with van der Waals surface area (Å²) in [6.45, 7) is 0. The molecule has 0 N–H and O–H groups in total. The second kappa shape index (κ2) is 7.89. The Hall–Kier alpha value is -3.93. The van der Waals surface area contributed by atoms with Crippen molar-refractivity contribution in [3.05, 3.63) is 106 Å². The molecule has 0 aromatic heterocycles. The standard InChI is InChI=1S/C27H17ClFN3O/c28-21-9-5-4-8-20(21)24-25(26(33)17-6-2-1-3-7-17)32-22-12-11-19(29)14-18(22)10-13-23(32)27(24,15-30)16-31/h1-14,23-25H. The van der Waals surface area contributed by atoms with Gasteiger partial charge in [-0.15, -0.1) is 0 Å². The lowest BCUT2D eigenvalue weighted by molar-refractivity contribution is 0.0951. The Balaban J connectivity index is 1.81. The van der Waals surface area contributed by atoms with Gasteiger partial charge in [-0.1, -0.05) is 72.3 Å². The summed E-state index contributed by atoms with van der Waals surface area (Å²) in [5.41, 5.74) is 0.610. The molecule has 2 aliphatic heterocycles. The minimum Gasteiger partial charge on any atom is -0.351 e. The molecular formula is C27H17ClFN3O. The van der Waals surface area contributed by atoms with Crippen molar-refractivity contribution in [2.24, 2.45) is 5.41 Å². The van der Waals surface area contributed by atoms with Gasteiger partial charge in [0, 0.05) is 27.8 Å². The van der Waals surface area contributed by atoms with E-state index in [1.807, 2.05) is 6.07 Å². The Morgan fingerprint density at radius 2 is 1.70 bits per heavy atom. The van der Waals surface area contributed by atoms with Crippen molar-refractivity contribution < 1.29 is 9.18 Å². The van der Waals surface area contributed by atoms with Crippen LogP contribution in [0.3, 0.4) is 0 Å². The van der Waals surface area contributed by atoms with Crippen LogP contribution in [0.5, 0.6) is 0 Å². The van der Waals surface area contributed by atoms with Crippen molar-refractivity contribution in [2.45, 2.75) is 18.0 Å². The number of carbonyl (C=O) groups is 1. The molecule has 2 heterocycles. The number of nitriles is 2. The van der Waals surface area contributed by atoms with E-state index in [2.05, 4.69) is 12.1 Å². The molecular weight excluding hydrogens is 437 g/mol. The smallest absolute Gasteiger partial charge is 0.185 e. The second-order valence-electron chi connectivity index (χ2n) is 8.18. The van der Waals surface area contributed by atoms with Gasteiger partial charge in [-0.2, -0.15) is 10.5 Å². The number of ketones is 1. The third-order valence-electron chi connectivity index (χ3n) is 6.54. The van der Waals surface area contributed by atoms with Crippen molar-refractivity contribution in [2.75, 3.05) is 4.90 Å². The predicted octanol–water partition coefficient (Wildman–Crippen LogP) is 5.76. The maximum Gasteiger partial charge on any atom is 0.185 e. The van der Waals surface area contributed by atoms with Crippen LogP contribution in [-0.2, 0) is 0 Å². The number of hydrogen-bond acceptors (Lipinski definition) is 4. The number of anilines is 1. The first-order valence-electron chi connectivity index (χ1n) is 10.4. The van der Waals surface area contributed by atoms with Gasteiger partial charge >= 0.3 is 0 Å². The molecule has 0 bridgehead atoms. The van der Waals surface area contributed by atoms with Crippen molar-refractivity contribution in [1.29, 1.82) is 10.5 Å². The van der Waals surface area contributed by atoms with Crippen LogP contribution in [0.4, 0.5) is 10.1 Å². The zero-order valence-corrected chi connectivity index (χ0v) is 18.1. The summed E-state index contributed by atoms with van der Waals surface area (Å²) in [5.74, 6) is -1.47. The Kier molecular flexibility index (Phi) is 5.01. The molecule has 4 nitrogen and oxygen atoms in total. The minimum absolute atomic E-state index is 0.233. The summed E-state index contributed by atoms with van der Waals surface area (Å²) in [7, 11) is 0. The Morgan fingerprint density at radius 1 is 1.00 bits per heavy atom. The molecule has 1 saturated heterocycles. The first-order valence-corrected chi connectivity index (χ1v) is 10.8. The van der Waals surface area contributed by atoms with Gasteiger partial charge in [-0.05, 0) is 29.8 Å². The molecule has 3 aromatic carbocycles. The van der Waals surface area contributed by atoms with E-state index in [-0.39, 0.29) is 5.78 Å². The number of Topliss-reactive ketones (excluding diaryl/α,β-unsaturated/α-hetero) is 1. The second-order valence-corrected chi connectivity index (χ2v) is 8.59. The number of carbonyl (C=O) groups excluding carboxylic acids is 1. The number of rotatable bonds is 3. The molecule has 0 saturated carbocycles. The van der Waals surface area contributed by atoms with Gasteiger partial charge in [-0.25, -0.2) is 4.39 Å². The van der Waals surface area contributed by atoms with E-state index in [4.69, 9.17) is 11.6 Å². The van der Waals surface area contributed by atoms with Gasteiger partial charge in [0.1, 0.15) is 11.9 Å². The highest BCUT2D eigenvalue weighted by Crippen LogP contribution is 2.56. The van der Waals surface area contributed by atoms with Crippen LogP contribution in [0, 0.1) is 33.9 Å². The maximum atomic E-state index is 14.0. The van der Waals surface area contributed by atoms with E-state index >= 15 is 0 Å². The molecule has 0 aliphatic carbocycles. The van der Waals surface area contributed by atoms with Gasteiger partial charge in [-0.3, -0.25) is 4.79 Å². The Bertz CT molecular complexity index is 1360. The van der Waals surface area contributed by atoms with Gasteiger partial charge in [0.15, 0.2) is 11.2 Å². The molecule has 0 radical (unpaired) electrons. The lowest BCUT2D eigenvalue weighted by Gasteiger charge is -2.35. The highest BCUT2D eigenvalue weighted by Gasteiger charge is 2.63. The minimum atomic E-state index is -1.59. The average Bonchev–Trinajstić information content (AvgIpc) is 3.14. The lowest BCUT2D eigenvalue weighted by atomic mass is 9.69. The summed E-state index contributed by atoms with van der Waals surface area (Å²) in [6, 6.07) is 22.9. The average molecular weight is 454 g/mol. The fraction of sp³-hybridized carbons (Fsp3) is 0.148. The van der Waals surface area contributed by atoms with Crippen LogP contribution < -0.4 is 4.90 Å². The van der Waals surface area contributed by atoms with Crippen molar-refractivity contribution in [3.8, 4) is 12.1 Å². The summed E-state index contributed by atoms with van der Waals surface area (Å²) in [5, 5.41) is 21.2. The van der Waals surface area contributed by atoms with Gasteiger partial charge < -0.3 is 4.90 Å². The summed E-state index contributed by atoms with van der Waals surface area (Å²) >= 11 is 6.56. The van der Waals surface area contributed by atoms with E-state index in [1.165, 1.54) is 12.1 Å². The van der Waals surface area contributed by atoms with E-state index < -0.39 is 29.2 Å². The van der Waals surface area contributed by atoms with Crippen molar-refractivity contribution in [3.63, 3.8) is 0 Å². The number of benzene rings is 3. The molecule has 1 fully saturated rings. The maximum absolute atomic E-state index is 14.0. The van der Waals surface area contributed by atoms with Crippen LogP contribution in [0.2, 0.25) is 5.02 Å². The Labute approximate surface area is 195 Å². The quantitative estimate of drug-likeness (QED) is 0.472. The monoisotopic (exact) mass is 453 g/mol. The van der Waals surface area contributed by atoms with Gasteiger partial charge in [0.2, 0.25) is 0 Å². The van der Waals surface area contributed by atoms with E-state index in [0.717, 1.165) is 0 Å². The first kappa shape index (κ1) is 20.9. The molecule has 3 unspecified atom stereocenters. The van der Waals surface area contributed by atoms with Crippen LogP contribution in [0.1, 0.15) is 27.4 Å². The largest absolute Gasteiger partial charge is 0.351 e. The molecule has 3 atom stereocenters. The fourth-order valence-electron chi connectivity index (χ4n) is 5.11. The molecule has 33 heavy (non-hydrogen) atoms. The number of halogens is 2. The normalized spacial score (nSPS) is 22.1. The number of nitrogens with zero attached hydrogens (tertiary/aromatic N) is 3. The van der Waals surface area contributed by atoms with Crippen molar-refractivity contribution >= 4 is 29.1 Å². The molecule has 2 aliphatic rings. The molecule has 160 valence electrons. The lowest BCUT2D eigenvalue weighted by Crippen LogP contribution is -2.44. The van der Waals surface area contributed by atoms with Crippen LogP contribution in [-0.4, -0.2) is 17.9 Å². The summed E-state index contributed by atoms with van der Waals surface area (Å²) in [4.78, 5) is 15.8. The molecule has 0 amide bonds. The van der Waals surface area contributed by atoms with Gasteiger partial charge in [0.25, 0.3) is 0 Å².